The molecule has 96 valence electrons. The van der Waals surface area contributed by atoms with E-state index in [2.05, 4.69) is 27.7 Å². The molecule has 1 saturated carbocycles. The molecule has 0 aromatic rings. The van der Waals surface area contributed by atoms with Crippen LogP contribution in [0.4, 0.5) is 0 Å². The first kappa shape index (κ1) is 14.0. The Balaban J connectivity index is 2.96. The standard InChI is InChI=1S/C14H29NO/c1-5-12-7-8-13(9-12,10-15)14(16,6-2)11(3)4/h11-12,16H,5-10,15H2,1-4H3. The molecule has 3 unspecified atom stereocenters. The van der Waals surface area contributed by atoms with Gasteiger partial charge in [0.2, 0.25) is 0 Å². The van der Waals surface area contributed by atoms with E-state index in [1.165, 1.54) is 12.8 Å². The van der Waals surface area contributed by atoms with E-state index in [0.29, 0.717) is 6.54 Å². The lowest BCUT2D eigenvalue weighted by Crippen LogP contribution is -2.54. The van der Waals surface area contributed by atoms with E-state index in [9.17, 15) is 5.11 Å². The Morgan fingerprint density at radius 2 is 2.06 bits per heavy atom. The molecule has 0 heterocycles. The van der Waals surface area contributed by atoms with Crippen molar-refractivity contribution < 1.29 is 5.11 Å². The van der Waals surface area contributed by atoms with Gasteiger partial charge in [0.1, 0.15) is 0 Å². The molecule has 3 N–H and O–H groups in total. The molecule has 0 aromatic heterocycles. The summed E-state index contributed by atoms with van der Waals surface area (Å²) >= 11 is 0. The molecule has 1 fully saturated rings. The van der Waals surface area contributed by atoms with Gasteiger partial charge in [-0.1, -0.05) is 34.1 Å². The molecule has 0 radical (unpaired) electrons. The first-order valence-electron chi connectivity index (χ1n) is 6.88. The molecule has 1 aliphatic carbocycles. The lowest BCUT2D eigenvalue weighted by Gasteiger charge is -2.47. The molecular weight excluding hydrogens is 198 g/mol. The highest BCUT2D eigenvalue weighted by Crippen LogP contribution is 2.53. The molecule has 0 saturated heterocycles. The van der Waals surface area contributed by atoms with Gasteiger partial charge in [0.25, 0.3) is 0 Å². The molecule has 0 aliphatic heterocycles. The van der Waals surface area contributed by atoms with Gasteiger partial charge in [0, 0.05) is 12.0 Å². The minimum Gasteiger partial charge on any atom is -0.389 e. The van der Waals surface area contributed by atoms with E-state index in [1.54, 1.807) is 0 Å². The van der Waals surface area contributed by atoms with Gasteiger partial charge in [-0.15, -0.1) is 0 Å². The van der Waals surface area contributed by atoms with Crippen molar-refractivity contribution in [1.29, 1.82) is 0 Å². The smallest absolute Gasteiger partial charge is 0.0735 e. The van der Waals surface area contributed by atoms with Crippen LogP contribution in [-0.4, -0.2) is 17.3 Å². The lowest BCUT2D eigenvalue weighted by atomic mass is 9.63. The Labute approximate surface area is 101 Å². The van der Waals surface area contributed by atoms with Crippen LogP contribution in [0.15, 0.2) is 0 Å². The fourth-order valence-corrected chi connectivity index (χ4v) is 3.74. The van der Waals surface area contributed by atoms with Crippen molar-refractivity contribution in [3.63, 3.8) is 0 Å². The topological polar surface area (TPSA) is 46.2 Å². The summed E-state index contributed by atoms with van der Waals surface area (Å²) in [5.41, 5.74) is 5.42. The van der Waals surface area contributed by atoms with Gasteiger partial charge in [-0.3, -0.25) is 0 Å². The highest BCUT2D eigenvalue weighted by molar-refractivity contribution is 5.04. The van der Waals surface area contributed by atoms with Gasteiger partial charge < -0.3 is 10.8 Å². The minimum absolute atomic E-state index is 0.0312. The first-order chi connectivity index (χ1) is 7.45. The molecule has 0 amide bonds. The summed E-state index contributed by atoms with van der Waals surface area (Å²) in [4.78, 5) is 0. The zero-order valence-electron chi connectivity index (χ0n) is 11.4. The molecule has 2 nitrogen and oxygen atoms in total. The normalized spacial score (nSPS) is 34.3. The van der Waals surface area contributed by atoms with Crippen molar-refractivity contribution in [3.05, 3.63) is 0 Å². The number of nitrogens with two attached hydrogens (primary N) is 1. The van der Waals surface area contributed by atoms with Gasteiger partial charge in [0.05, 0.1) is 5.60 Å². The third-order valence-electron chi connectivity index (χ3n) is 5.09. The van der Waals surface area contributed by atoms with Gasteiger partial charge in [0.15, 0.2) is 0 Å². The molecule has 0 spiro atoms. The van der Waals surface area contributed by atoms with Gasteiger partial charge in [-0.2, -0.15) is 0 Å². The number of aliphatic hydroxyl groups is 1. The van der Waals surface area contributed by atoms with Gasteiger partial charge in [-0.05, 0) is 37.5 Å². The zero-order chi connectivity index (χ0) is 12.4. The SMILES string of the molecule is CCC1CCC(CN)(C(O)(CC)C(C)C)C1. The van der Waals surface area contributed by atoms with Crippen molar-refractivity contribution in [2.75, 3.05) is 6.54 Å². The highest BCUT2D eigenvalue weighted by Gasteiger charge is 2.53. The van der Waals surface area contributed by atoms with Crippen LogP contribution in [-0.2, 0) is 0 Å². The lowest BCUT2D eigenvalue weighted by molar-refractivity contribution is -0.117. The monoisotopic (exact) mass is 227 g/mol. The quantitative estimate of drug-likeness (QED) is 0.758. The molecule has 0 aromatic carbocycles. The Kier molecular flexibility index (Phi) is 4.42. The second kappa shape index (κ2) is 5.05. The maximum Gasteiger partial charge on any atom is 0.0735 e. The van der Waals surface area contributed by atoms with E-state index < -0.39 is 5.60 Å². The predicted octanol–water partition coefficient (Wildman–Crippen LogP) is 2.94. The van der Waals surface area contributed by atoms with Crippen LogP contribution in [0.25, 0.3) is 0 Å². The maximum atomic E-state index is 11.0. The van der Waals surface area contributed by atoms with Crippen molar-refractivity contribution in [1.82, 2.24) is 0 Å². The Hall–Kier alpha value is -0.0800. The Morgan fingerprint density at radius 1 is 1.44 bits per heavy atom. The van der Waals surface area contributed by atoms with Crippen LogP contribution in [0.3, 0.4) is 0 Å². The van der Waals surface area contributed by atoms with E-state index in [0.717, 1.165) is 25.2 Å². The molecule has 3 atom stereocenters. The van der Waals surface area contributed by atoms with Crippen molar-refractivity contribution >= 4 is 0 Å². The van der Waals surface area contributed by atoms with Crippen LogP contribution in [0, 0.1) is 17.3 Å². The minimum atomic E-state index is -0.578. The molecule has 1 rings (SSSR count). The second-order valence-corrected chi connectivity index (χ2v) is 5.93. The summed E-state index contributed by atoms with van der Waals surface area (Å²) in [6.45, 7) is 9.22. The zero-order valence-corrected chi connectivity index (χ0v) is 11.4. The van der Waals surface area contributed by atoms with Crippen molar-refractivity contribution in [2.45, 2.75) is 65.4 Å². The van der Waals surface area contributed by atoms with E-state index >= 15 is 0 Å². The van der Waals surface area contributed by atoms with Crippen LogP contribution in [0.5, 0.6) is 0 Å². The van der Waals surface area contributed by atoms with Crippen LogP contribution < -0.4 is 5.73 Å². The third kappa shape index (κ3) is 2.02. The van der Waals surface area contributed by atoms with Crippen molar-refractivity contribution in [3.8, 4) is 0 Å². The molecular formula is C14H29NO. The van der Waals surface area contributed by atoms with E-state index in [4.69, 9.17) is 5.73 Å². The van der Waals surface area contributed by atoms with Crippen LogP contribution in [0.2, 0.25) is 0 Å². The summed E-state index contributed by atoms with van der Waals surface area (Å²) < 4.78 is 0. The molecule has 1 aliphatic rings. The number of rotatable bonds is 5. The Morgan fingerprint density at radius 3 is 2.38 bits per heavy atom. The molecule has 16 heavy (non-hydrogen) atoms. The largest absolute Gasteiger partial charge is 0.389 e. The number of hydrogen-bond acceptors (Lipinski definition) is 2. The molecule has 0 bridgehead atoms. The molecule has 2 heteroatoms. The summed E-state index contributed by atoms with van der Waals surface area (Å²) in [5, 5.41) is 11.0. The summed E-state index contributed by atoms with van der Waals surface area (Å²) in [7, 11) is 0. The fraction of sp³-hybridized carbons (Fsp3) is 1.00. The van der Waals surface area contributed by atoms with E-state index in [-0.39, 0.29) is 11.3 Å². The summed E-state index contributed by atoms with van der Waals surface area (Å²) in [6.07, 6.45) is 5.49. The summed E-state index contributed by atoms with van der Waals surface area (Å²) in [5.74, 6) is 1.05. The summed E-state index contributed by atoms with van der Waals surface area (Å²) in [6, 6.07) is 0. The first-order valence-corrected chi connectivity index (χ1v) is 6.88. The van der Waals surface area contributed by atoms with Crippen molar-refractivity contribution in [2.24, 2.45) is 23.0 Å². The highest BCUT2D eigenvalue weighted by atomic mass is 16.3. The van der Waals surface area contributed by atoms with Gasteiger partial charge >= 0.3 is 0 Å². The third-order valence-corrected chi connectivity index (χ3v) is 5.09. The average Bonchev–Trinajstić information content (AvgIpc) is 2.72. The van der Waals surface area contributed by atoms with Gasteiger partial charge in [-0.25, -0.2) is 0 Å². The Bertz CT molecular complexity index is 229. The van der Waals surface area contributed by atoms with Crippen LogP contribution in [0.1, 0.15) is 59.8 Å². The number of hydrogen-bond donors (Lipinski definition) is 2. The second-order valence-electron chi connectivity index (χ2n) is 5.93. The van der Waals surface area contributed by atoms with Crippen LogP contribution >= 0.6 is 0 Å². The maximum absolute atomic E-state index is 11.0. The van der Waals surface area contributed by atoms with E-state index in [1.807, 2.05) is 0 Å². The average molecular weight is 227 g/mol. The fourth-order valence-electron chi connectivity index (χ4n) is 3.74. The predicted molar refractivity (Wildman–Crippen MR) is 69.2 cm³/mol.